The molecule has 27 heavy (non-hydrogen) atoms. The van der Waals surface area contributed by atoms with Gasteiger partial charge in [0.15, 0.2) is 0 Å². The number of carbonyl (C=O) groups excluding carboxylic acids is 1. The molecule has 0 unspecified atom stereocenters. The summed E-state index contributed by atoms with van der Waals surface area (Å²) in [4.78, 5) is 24.7. The fourth-order valence-corrected chi connectivity index (χ4v) is 4.76. The number of amides is 1. The summed E-state index contributed by atoms with van der Waals surface area (Å²) in [6, 6.07) is 4.99. The van der Waals surface area contributed by atoms with E-state index >= 15 is 0 Å². The standard InChI is InChI=1S/C17H26N4O5S/c1-3-17(4-2,13-18)16(22)19-8-10-20(11-9-19)27(25,26)15-7-5-6-14(12-15)21(23)24/h5-7,12H,3-4,8-11,13,18H2,1-2H3. The first-order chi connectivity index (χ1) is 12.7. The van der Waals surface area contributed by atoms with Gasteiger partial charge in [0.05, 0.1) is 15.2 Å². The number of benzene rings is 1. The molecule has 1 amide bonds. The van der Waals surface area contributed by atoms with Crippen LogP contribution in [0.3, 0.4) is 0 Å². The van der Waals surface area contributed by atoms with Crippen LogP contribution in [0, 0.1) is 15.5 Å². The minimum atomic E-state index is -3.85. The molecule has 150 valence electrons. The molecule has 1 saturated heterocycles. The van der Waals surface area contributed by atoms with Gasteiger partial charge < -0.3 is 10.6 Å². The predicted octanol–water partition coefficient (Wildman–Crippen LogP) is 1.19. The number of nitrogens with zero attached hydrogens (tertiary/aromatic N) is 3. The summed E-state index contributed by atoms with van der Waals surface area (Å²) in [6.07, 6.45) is 1.26. The minimum Gasteiger partial charge on any atom is -0.340 e. The molecule has 10 heteroatoms. The average molecular weight is 398 g/mol. The highest BCUT2D eigenvalue weighted by Gasteiger charge is 2.39. The molecule has 2 N–H and O–H groups in total. The number of non-ortho nitro benzene ring substituents is 1. The highest BCUT2D eigenvalue weighted by Crippen LogP contribution is 2.29. The molecule has 1 aromatic carbocycles. The lowest BCUT2D eigenvalue weighted by Gasteiger charge is -2.39. The Labute approximate surface area is 159 Å². The van der Waals surface area contributed by atoms with Crippen molar-refractivity contribution in [3.63, 3.8) is 0 Å². The number of sulfonamides is 1. The summed E-state index contributed by atoms with van der Waals surface area (Å²) in [5.41, 5.74) is 4.95. The number of nitrogens with two attached hydrogens (primary N) is 1. The van der Waals surface area contributed by atoms with Crippen LogP contribution in [-0.2, 0) is 14.8 Å². The zero-order valence-electron chi connectivity index (χ0n) is 15.6. The Kier molecular flexibility index (Phi) is 6.55. The highest BCUT2D eigenvalue weighted by molar-refractivity contribution is 7.89. The van der Waals surface area contributed by atoms with E-state index in [4.69, 9.17) is 5.73 Å². The zero-order chi connectivity index (χ0) is 20.2. The van der Waals surface area contributed by atoms with Crippen molar-refractivity contribution < 1.29 is 18.1 Å². The maximum absolute atomic E-state index is 12.9. The lowest BCUT2D eigenvalue weighted by Crippen LogP contribution is -2.55. The number of nitro benzene ring substituents is 1. The number of carbonyl (C=O) groups is 1. The Morgan fingerprint density at radius 3 is 2.30 bits per heavy atom. The van der Waals surface area contributed by atoms with Crippen LogP contribution in [0.1, 0.15) is 26.7 Å². The Balaban J connectivity index is 2.14. The third-order valence-corrected chi connectivity index (χ3v) is 7.28. The normalized spacial score (nSPS) is 16.3. The molecule has 1 fully saturated rings. The first kappa shape index (κ1) is 21.3. The van der Waals surface area contributed by atoms with Crippen molar-refractivity contribution in [2.75, 3.05) is 32.7 Å². The second-order valence-electron chi connectivity index (χ2n) is 6.64. The molecule has 0 aliphatic carbocycles. The van der Waals surface area contributed by atoms with Crippen LogP contribution >= 0.6 is 0 Å². The fourth-order valence-electron chi connectivity index (χ4n) is 3.30. The van der Waals surface area contributed by atoms with Crippen molar-refractivity contribution >= 4 is 21.6 Å². The van der Waals surface area contributed by atoms with E-state index in [1.807, 2.05) is 13.8 Å². The van der Waals surface area contributed by atoms with E-state index in [-0.39, 0.29) is 49.2 Å². The predicted molar refractivity (Wildman–Crippen MR) is 101 cm³/mol. The average Bonchev–Trinajstić information content (AvgIpc) is 2.69. The quantitative estimate of drug-likeness (QED) is 0.543. The third kappa shape index (κ3) is 4.12. The maximum Gasteiger partial charge on any atom is 0.270 e. The Hall–Kier alpha value is -2.04. The second kappa shape index (κ2) is 8.32. The molecule has 9 nitrogen and oxygen atoms in total. The molecule has 0 radical (unpaired) electrons. The van der Waals surface area contributed by atoms with Crippen LogP contribution < -0.4 is 5.73 Å². The molecular weight excluding hydrogens is 372 g/mol. The number of nitro groups is 1. The van der Waals surface area contributed by atoms with E-state index in [0.29, 0.717) is 12.8 Å². The summed E-state index contributed by atoms with van der Waals surface area (Å²) in [6.45, 7) is 4.94. The molecule has 1 aromatic rings. The number of hydrogen-bond acceptors (Lipinski definition) is 6. The number of piperazine rings is 1. The van der Waals surface area contributed by atoms with Crippen molar-refractivity contribution in [1.29, 1.82) is 0 Å². The first-order valence-corrected chi connectivity index (χ1v) is 10.4. The van der Waals surface area contributed by atoms with Crippen LogP contribution in [0.2, 0.25) is 0 Å². The fraction of sp³-hybridized carbons (Fsp3) is 0.588. The van der Waals surface area contributed by atoms with E-state index in [2.05, 4.69) is 0 Å². The molecule has 1 aliphatic rings. The van der Waals surface area contributed by atoms with Crippen LogP contribution in [0.4, 0.5) is 5.69 Å². The molecule has 2 rings (SSSR count). The molecule has 1 heterocycles. The second-order valence-corrected chi connectivity index (χ2v) is 8.58. The summed E-state index contributed by atoms with van der Waals surface area (Å²) in [7, 11) is -3.85. The van der Waals surface area contributed by atoms with Gasteiger partial charge in [0, 0.05) is 44.9 Å². The van der Waals surface area contributed by atoms with E-state index in [1.165, 1.54) is 22.5 Å². The van der Waals surface area contributed by atoms with Crippen molar-refractivity contribution in [3.05, 3.63) is 34.4 Å². The van der Waals surface area contributed by atoms with Crippen molar-refractivity contribution in [1.82, 2.24) is 9.21 Å². The van der Waals surface area contributed by atoms with E-state index in [9.17, 15) is 23.3 Å². The third-order valence-electron chi connectivity index (χ3n) is 5.39. The summed E-state index contributed by atoms with van der Waals surface area (Å²) in [5.74, 6) is -0.0394. The first-order valence-electron chi connectivity index (χ1n) is 8.96. The van der Waals surface area contributed by atoms with Crippen molar-refractivity contribution in [2.45, 2.75) is 31.6 Å². The Morgan fingerprint density at radius 2 is 1.81 bits per heavy atom. The molecule has 1 aliphatic heterocycles. The molecular formula is C17H26N4O5S. The van der Waals surface area contributed by atoms with Gasteiger partial charge in [0.25, 0.3) is 5.69 Å². The lowest BCUT2D eigenvalue weighted by atomic mass is 9.81. The maximum atomic E-state index is 12.9. The largest absolute Gasteiger partial charge is 0.340 e. The topological polar surface area (TPSA) is 127 Å². The van der Waals surface area contributed by atoms with Crippen LogP contribution in [0.25, 0.3) is 0 Å². The van der Waals surface area contributed by atoms with Gasteiger partial charge in [-0.3, -0.25) is 14.9 Å². The van der Waals surface area contributed by atoms with Gasteiger partial charge >= 0.3 is 0 Å². The highest BCUT2D eigenvalue weighted by atomic mass is 32.2. The summed E-state index contributed by atoms with van der Waals surface area (Å²) < 4.78 is 26.8. The smallest absolute Gasteiger partial charge is 0.270 e. The van der Waals surface area contributed by atoms with Gasteiger partial charge in [-0.1, -0.05) is 19.9 Å². The molecule has 0 spiro atoms. The summed E-state index contributed by atoms with van der Waals surface area (Å²) in [5, 5.41) is 10.9. The van der Waals surface area contributed by atoms with E-state index in [1.54, 1.807) is 4.90 Å². The Morgan fingerprint density at radius 1 is 1.22 bits per heavy atom. The van der Waals surface area contributed by atoms with Crippen LogP contribution in [0.5, 0.6) is 0 Å². The molecule has 0 bridgehead atoms. The Bertz CT molecular complexity index is 791. The zero-order valence-corrected chi connectivity index (χ0v) is 16.4. The van der Waals surface area contributed by atoms with Gasteiger partial charge in [-0.05, 0) is 18.9 Å². The lowest BCUT2D eigenvalue weighted by molar-refractivity contribution is -0.385. The van der Waals surface area contributed by atoms with Gasteiger partial charge in [0.2, 0.25) is 15.9 Å². The van der Waals surface area contributed by atoms with Gasteiger partial charge in [-0.15, -0.1) is 0 Å². The van der Waals surface area contributed by atoms with Crippen molar-refractivity contribution in [3.8, 4) is 0 Å². The van der Waals surface area contributed by atoms with E-state index in [0.717, 1.165) is 6.07 Å². The van der Waals surface area contributed by atoms with Crippen molar-refractivity contribution in [2.24, 2.45) is 11.1 Å². The van der Waals surface area contributed by atoms with Gasteiger partial charge in [-0.2, -0.15) is 4.31 Å². The minimum absolute atomic E-state index is 0.0394. The monoisotopic (exact) mass is 398 g/mol. The molecule has 0 aromatic heterocycles. The number of rotatable bonds is 7. The van der Waals surface area contributed by atoms with E-state index < -0.39 is 20.4 Å². The van der Waals surface area contributed by atoms with Gasteiger partial charge in [0.1, 0.15) is 0 Å². The van der Waals surface area contributed by atoms with Gasteiger partial charge in [-0.25, -0.2) is 8.42 Å². The van der Waals surface area contributed by atoms with Crippen LogP contribution in [0.15, 0.2) is 29.2 Å². The van der Waals surface area contributed by atoms with Crippen LogP contribution in [-0.4, -0.2) is 61.2 Å². The molecule has 0 atom stereocenters. The number of hydrogen-bond donors (Lipinski definition) is 1. The summed E-state index contributed by atoms with van der Waals surface area (Å²) >= 11 is 0. The molecule has 0 saturated carbocycles. The SMILES string of the molecule is CCC(CC)(CN)C(=O)N1CCN(S(=O)(=O)c2cccc([N+](=O)[O-])c2)CC1.